The normalized spacial score (nSPS) is 16.7. The van der Waals surface area contributed by atoms with Crippen LogP contribution in [0.5, 0.6) is 11.5 Å². The highest BCUT2D eigenvalue weighted by Crippen LogP contribution is 2.26. The van der Waals surface area contributed by atoms with Crippen LogP contribution in [0.2, 0.25) is 0 Å². The highest BCUT2D eigenvalue weighted by atomic mass is 16.5. The molecule has 1 aromatic heterocycles. The largest absolute Gasteiger partial charge is 0.457 e. The lowest BCUT2D eigenvalue weighted by atomic mass is 10.2. The molecule has 1 saturated heterocycles. The smallest absolute Gasteiger partial charge is 0.267 e. The average Bonchev–Trinajstić information content (AvgIpc) is 3.29. The van der Waals surface area contributed by atoms with Crippen molar-refractivity contribution in [2.45, 2.75) is 25.9 Å². The van der Waals surface area contributed by atoms with Crippen molar-refractivity contribution >= 4 is 16.8 Å². The standard InChI is InChI=1S/C21H22N2O3/c1-14-4-2-5-16(10-14)26-17-7-8-19-15(11-17)12-20(23-19)21(24)22-13-18-6-3-9-25-18/h2,4-5,7-8,10-12,18,23H,3,6,9,13H2,1H3,(H,22,24)/t18-/m1/s1. The zero-order chi connectivity index (χ0) is 17.9. The topological polar surface area (TPSA) is 63.4 Å². The average molecular weight is 350 g/mol. The van der Waals surface area contributed by atoms with Gasteiger partial charge in [-0.1, -0.05) is 12.1 Å². The molecule has 2 N–H and O–H groups in total. The number of ether oxygens (including phenoxy) is 2. The molecule has 0 aliphatic carbocycles. The van der Waals surface area contributed by atoms with Gasteiger partial charge < -0.3 is 19.8 Å². The van der Waals surface area contributed by atoms with E-state index in [-0.39, 0.29) is 12.0 Å². The van der Waals surface area contributed by atoms with Crippen LogP contribution in [-0.2, 0) is 4.74 Å². The summed E-state index contributed by atoms with van der Waals surface area (Å²) >= 11 is 0. The van der Waals surface area contributed by atoms with Gasteiger partial charge in [-0.25, -0.2) is 0 Å². The van der Waals surface area contributed by atoms with Gasteiger partial charge in [-0.05, 0) is 61.7 Å². The lowest BCUT2D eigenvalue weighted by Gasteiger charge is -2.09. The number of aromatic amines is 1. The number of rotatable bonds is 5. The second kappa shape index (κ2) is 7.22. The monoisotopic (exact) mass is 350 g/mol. The number of aromatic nitrogens is 1. The highest BCUT2D eigenvalue weighted by molar-refractivity contribution is 5.98. The van der Waals surface area contributed by atoms with Crippen LogP contribution in [0.15, 0.2) is 48.5 Å². The summed E-state index contributed by atoms with van der Waals surface area (Å²) in [6.45, 7) is 3.37. The molecule has 1 aliphatic rings. The molecular formula is C21H22N2O3. The third-order valence-corrected chi connectivity index (χ3v) is 4.58. The zero-order valence-corrected chi connectivity index (χ0v) is 14.7. The number of fused-ring (bicyclic) bond motifs is 1. The number of benzene rings is 2. The number of carbonyl (C=O) groups is 1. The lowest BCUT2D eigenvalue weighted by molar-refractivity contribution is 0.0854. The van der Waals surface area contributed by atoms with Gasteiger partial charge in [0.15, 0.2) is 0 Å². The van der Waals surface area contributed by atoms with Crippen LogP contribution in [0.4, 0.5) is 0 Å². The van der Waals surface area contributed by atoms with Crippen molar-refractivity contribution in [3.8, 4) is 11.5 Å². The molecular weight excluding hydrogens is 328 g/mol. The first-order valence-electron chi connectivity index (χ1n) is 8.94. The van der Waals surface area contributed by atoms with Crippen molar-refractivity contribution in [1.82, 2.24) is 10.3 Å². The molecule has 2 aromatic carbocycles. The lowest BCUT2D eigenvalue weighted by Crippen LogP contribution is -2.31. The fourth-order valence-corrected chi connectivity index (χ4v) is 3.22. The van der Waals surface area contributed by atoms with Crippen LogP contribution in [0, 0.1) is 6.92 Å². The number of hydrogen-bond donors (Lipinski definition) is 2. The van der Waals surface area contributed by atoms with Crippen LogP contribution in [0.1, 0.15) is 28.9 Å². The molecule has 0 bridgehead atoms. The van der Waals surface area contributed by atoms with Crippen LogP contribution in [0.25, 0.3) is 10.9 Å². The maximum absolute atomic E-state index is 12.4. The van der Waals surface area contributed by atoms with Gasteiger partial charge in [-0.15, -0.1) is 0 Å². The summed E-state index contributed by atoms with van der Waals surface area (Å²) in [5.41, 5.74) is 2.60. The van der Waals surface area contributed by atoms with E-state index in [1.165, 1.54) is 0 Å². The molecule has 134 valence electrons. The summed E-state index contributed by atoms with van der Waals surface area (Å²) in [6.07, 6.45) is 2.21. The second-order valence-corrected chi connectivity index (χ2v) is 6.70. The Balaban J connectivity index is 1.47. The van der Waals surface area contributed by atoms with E-state index in [0.29, 0.717) is 12.2 Å². The van der Waals surface area contributed by atoms with Gasteiger partial charge in [0.1, 0.15) is 17.2 Å². The van der Waals surface area contributed by atoms with Crippen molar-refractivity contribution in [2.75, 3.05) is 13.2 Å². The molecule has 0 spiro atoms. The predicted molar refractivity (Wildman–Crippen MR) is 101 cm³/mol. The van der Waals surface area contributed by atoms with Gasteiger partial charge in [-0.2, -0.15) is 0 Å². The molecule has 3 aromatic rings. The number of nitrogens with one attached hydrogen (secondary N) is 2. The molecule has 0 radical (unpaired) electrons. The third kappa shape index (κ3) is 3.73. The molecule has 2 heterocycles. The Morgan fingerprint density at radius 3 is 2.92 bits per heavy atom. The number of amides is 1. The number of H-pyrrole nitrogens is 1. The fraction of sp³-hybridized carbons (Fsp3) is 0.286. The van der Waals surface area contributed by atoms with Crippen molar-refractivity contribution in [3.05, 3.63) is 59.8 Å². The Kier molecular flexibility index (Phi) is 4.63. The van der Waals surface area contributed by atoms with Crippen molar-refractivity contribution in [1.29, 1.82) is 0 Å². The molecule has 5 heteroatoms. The molecule has 1 amide bonds. The van der Waals surface area contributed by atoms with E-state index in [4.69, 9.17) is 9.47 Å². The van der Waals surface area contributed by atoms with Crippen molar-refractivity contribution < 1.29 is 14.3 Å². The van der Waals surface area contributed by atoms with Crippen LogP contribution < -0.4 is 10.1 Å². The van der Waals surface area contributed by atoms with Crippen molar-refractivity contribution in [2.24, 2.45) is 0 Å². The Hall–Kier alpha value is -2.79. The molecule has 5 nitrogen and oxygen atoms in total. The van der Waals surface area contributed by atoms with Gasteiger partial charge in [0, 0.05) is 24.1 Å². The Morgan fingerprint density at radius 1 is 1.23 bits per heavy atom. The first-order chi connectivity index (χ1) is 12.7. The maximum Gasteiger partial charge on any atom is 0.267 e. The highest BCUT2D eigenvalue weighted by Gasteiger charge is 2.17. The molecule has 1 fully saturated rings. The molecule has 0 saturated carbocycles. The van der Waals surface area contributed by atoms with E-state index in [9.17, 15) is 4.79 Å². The summed E-state index contributed by atoms with van der Waals surface area (Å²) in [4.78, 5) is 15.5. The molecule has 4 rings (SSSR count). The summed E-state index contributed by atoms with van der Waals surface area (Å²) in [6, 6.07) is 15.5. The maximum atomic E-state index is 12.4. The predicted octanol–water partition coefficient (Wildman–Crippen LogP) is 4.18. The number of hydrogen-bond acceptors (Lipinski definition) is 3. The van der Waals surface area contributed by atoms with E-state index in [2.05, 4.69) is 10.3 Å². The minimum absolute atomic E-state index is 0.113. The molecule has 1 aliphatic heterocycles. The zero-order valence-electron chi connectivity index (χ0n) is 14.7. The summed E-state index contributed by atoms with van der Waals surface area (Å²) in [5, 5.41) is 3.88. The molecule has 26 heavy (non-hydrogen) atoms. The minimum Gasteiger partial charge on any atom is -0.457 e. The van der Waals surface area contributed by atoms with Gasteiger partial charge in [0.2, 0.25) is 0 Å². The minimum atomic E-state index is -0.113. The molecule has 1 atom stereocenters. The molecule has 0 unspecified atom stereocenters. The number of aryl methyl sites for hydroxylation is 1. The van der Waals surface area contributed by atoms with E-state index in [1.54, 1.807) is 0 Å². The van der Waals surface area contributed by atoms with Gasteiger partial charge in [0.25, 0.3) is 5.91 Å². The summed E-state index contributed by atoms with van der Waals surface area (Å²) in [7, 11) is 0. The van der Waals surface area contributed by atoms with Gasteiger partial charge >= 0.3 is 0 Å². The first-order valence-corrected chi connectivity index (χ1v) is 8.94. The van der Waals surface area contributed by atoms with Gasteiger partial charge in [-0.3, -0.25) is 4.79 Å². The van der Waals surface area contributed by atoms with Crippen molar-refractivity contribution in [3.63, 3.8) is 0 Å². The number of carbonyl (C=O) groups excluding carboxylic acids is 1. The summed E-state index contributed by atoms with van der Waals surface area (Å²) < 4.78 is 11.5. The van der Waals surface area contributed by atoms with E-state index in [0.717, 1.165) is 47.4 Å². The Bertz CT molecular complexity index is 926. The van der Waals surface area contributed by atoms with Crippen LogP contribution in [-0.4, -0.2) is 30.1 Å². The SMILES string of the molecule is Cc1cccc(Oc2ccc3[nH]c(C(=O)NC[C@H]4CCCO4)cc3c2)c1. The van der Waals surface area contributed by atoms with E-state index in [1.807, 2.05) is 55.5 Å². The van der Waals surface area contributed by atoms with E-state index < -0.39 is 0 Å². The van der Waals surface area contributed by atoms with E-state index >= 15 is 0 Å². The second-order valence-electron chi connectivity index (χ2n) is 6.70. The fourth-order valence-electron chi connectivity index (χ4n) is 3.22. The third-order valence-electron chi connectivity index (χ3n) is 4.58. The van der Waals surface area contributed by atoms with Crippen LogP contribution >= 0.6 is 0 Å². The Morgan fingerprint density at radius 2 is 2.12 bits per heavy atom. The quantitative estimate of drug-likeness (QED) is 0.726. The van der Waals surface area contributed by atoms with Crippen LogP contribution in [0.3, 0.4) is 0 Å². The van der Waals surface area contributed by atoms with Gasteiger partial charge in [0.05, 0.1) is 6.10 Å². The Labute approximate surface area is 152 Å². The first kappa shape index (κ1) is 16.7. The summed E-state index contributed by atoms with van der Waals surface area (Å²) in [5.74, 6) is 1.43.